The minimum atomic E-state index is -1.04. The van der Waals surface area contributed by atoms with Crippen molar-refractivity contribution in [2.45, 2.75) is 92.1 Å². The minimum absolute atomic E-state index is 0.0784. The molecule has 34 heavy (non-hydrogen) atoms. The maximum atomic E-state index is 13.9. The third-order valence-corrected chi connectivity index (χ3v) is 6.96. The zero-order chi connectivity index (χ0) is 25.5. The monoisotopic (exact) mass is 491 g/mol. The summed E-state index contributed by atoms with van der Waals surface area (Å²) in [5, 5.41) is 0.0879. The van der Waals surface area contributed by atoms with Crippen molar-refractivity contribution in [3.63, 3.8) is 0 Å². The van der Waals surface area contributed by atoms with Crippen LogP contribution < -0.4 is 4.74 Å². The molecular weight excluding hydrogens is 450 g/mol. The van der Waals surface area contributed by atoms with Crippen LogP contribution in [0.1, 0.15) is 80.6 Å². The van der Waals surface area contributed by atoms with E-state index in [1.165, 1.54) is 0 Å². The van der Waals surface area contributed by atoms with Gasteiger partial charge in [0, 0.05) is 18.5 Å². The van der Waals surface area contributed by atoms with Crippen molar-refractivity contribution in [3.8, 4) is 5.75 Å². The first-order valence-electron chi connectivity index (χ1n) is 12.8. The molecule has 1 aromatic carbocycles. The summed E-state index contributed by atoms with van der Waals surface area (Å²) in [5.74, 6) is 1.17. The minimum Gasteiger partial charge on any atom is -0.491 e. The Labute approximate surface area is 210 Å². The highest BCUT2D eigenvalue weighted by Crippen LogP contribution is 2.37. The first-order chi connectivity index (χ1) is 16.1. The summed E-state index contributed by atoms with van der Waals surface area (Å²) >= 11 is 6.22. The van der Waals surface area contributed by atoms with E-state index in [-0.39, 0.29) is 29.2 Å². The first-order valence-corrected chi connectivity index (χ1v) is 13.2. The van der Waals surface area contributed by atoms with Crippen LogP contribution in [0.15, 0.2) is 29.3 Å². The lowest BCUT2D eigenvalue weighted by Crippen LogP contribution is -2.66. The van der Waals surface area contributed by atoms with Gasteiger partial charge in [0.1, 0.15) is 11.2 Å². The van der Waals surface area contributed by atoms with Crippen LogP contribution in [-0.2, 0) is 9.59 Å². The predicted octanol–water partition coefficient (Wildman–Crippen LogP) is 6.39. The van der Waals surface area contributed by atoms with Crippen molar-refractivity contribution in [3.05, 3.63) is 24.3 Å². The first kappa shape index (κ1) is 28.2. The third kappa shape index (κ3) is 6.32. The van der Waals surface area contributed by atoms with Gasteiger partial charge in [-0.15, -0.1) is 11.6 Å². The van der Waals surface area contributed by atoms with E-state index in [9.17, 15) is 9.59 Å². The summed E-state index contributed by atoms with van der Waals surface area (Å²) in [6.07, 6.45) is 3.75. The molecule has 1 heterocycles. The fourth-order valence-corrected chi connectivity index (χ4v) is 4.62. The summed E-state index contributed by atoms with van der Waals surface area (Å²) < 4.78 is 5.74. The van der Waals surface area contributed by atoms with Gasteiger partial charge >= 0.3 is 0 Å². The van der Waals surface area contributed by atoms with Crippen molar-refractivity contribution in [2.24, 2.45) is 16.3 Å². The number of amides is 2. The number of benzene rings is 1. The second-order valence-corrected chi connectivity index (χ2v) is 10.2. The zero-order valence-electron chi connectivity index (χ0n) is 21.9. The van der Waals surface area contributed by atoms with Gasteiger partial charge in [0.05, 0.1) is 11.8 Å². The number of guanidine groups is 1. The standard InChI is InChI=1S/C27H42ClN3O3/c1-8-21(13-12-20(7)28)18-31-25(33)27(9-2,10-3)24(32)30(11-4)26(31)29-22-14-16-23(17-15-22)34-19(5)6/h14-17,19-21H,8-13,18H2,1-7H3/b29-26+. The van der Waals surface area contributed by atoms with Crippen LogP contribution in [0, 0.1) is 11.3 Å². The molecule has 0 aromatic heterocycles. The van der Waals surface area contributed by atoms with E-state index in [1.54, 1.807) is 9.80 Å². The summed E-state index contributed by atoms with van der Waals surface area (Å²) in [7, 11) is 0. The van der Waals surface area contributed by atoms with E-state index in [0.29, 0.717) is 37.6 Å². The molecule has 2 unspecified atom stereocenters. The molecule has 1 fully saturated rings. The number of halogens is 1. The van der Waals surface area contributed by atoms with Crippen LogP contribution in [0.25, 0.3) is 0 Å². The maximum absolute atomic E-state index is 13.9. The van der Waals surface area contributed by atoms with Crippen LogP contribution in [0.4, 0.5) is 5.69 Å². The number of hydrogen-bond donors (Lipinski definition) is 0. The third-order valence-electron chi connectivity index (χ3n) is 6.74. The van der Waals surface area contributed by atoms with Crippen LogP contribution in [0.2, 0.25) is 0 Å². The number of nitrogens with zero attached hydrogens (tertiary/aromatic N) is 3. The van der Waals surface area contributed by atoms with Crippen molar-refractivity contribution in [1.29, 1.82) is 0 Å². The molecule has 2 amide bonds. The number of rotatable bonds is 12. The Bertz CT molecular complexity index is 847. The number of carbonyl (C=O) groups is 2. The number of hydrogen-bond acceptors (Lipinski definition) is 4. The fourth-order valence-electron chi connectivity index (χ4n) is 4.50. The normalized spacial score (nSPS) is 19.1. The van der Waals surface area contributed by atoms with Crippen LogP contribution >= 0.6 is 11.6 Å². The van der Waals surface area contributed by atoms with Crippen molar-refractivity contribution < 1.29 is 14.3 Å². The summed E-state index contributed by atoms with van der Waals surface area (Å²) in [5.41, 5.74) is -0.361. The smallest absolute Gasteiger partial charge is 0.245 e. The molecule has 2 atom stereocenters. The zero-order valence-corrected chi connectivity index (χ0v) is 22.7. The van der Waals surface area contributed by atoms with E-state index in [4.69, 9.17) is 21.3 Å². The lowest BCUT2D eigenvalue weighted by Gasteiger charge is -2.46. The van der Waals surface area contributed by atoms with Gasteiger partial charge in [0.25, 0.3) is 0 Å². The summed E-state index contributed by atoms with van der Waals surface area (Å²) in [6, 6.07) is 7.45. The Balaban J connectivity index is 2.52. The molecule has 0 N–H and O–H groups in total. The number of alkyl halides is 1. The molecule has 7 heteroatoms. The number of carbonyl (C=O) groups excluding carboxylic acids is 2. The molecule has 0 saturated carbocycles. The maximum Gasteiger partial charge on any atom is 0.245 e. The lowest BCUT2D eigenvalue weighted by atomic mass is 9.77. The second kappa shape index (κ2) is 12.6. The summed E-state index contributed by atoms with van der Waals surface area (Å²) in [6.45, 7) is 14.9. The highest BCUT2D eigenvalue weighted by atomic mass is 35.5. The molecule has 1 aliphatic rings. The Morgan fingerprint density at radius 1 is 0.941 bits per heavy atom. The number of aliphatic imine (C=N–C) groups is 1. The van der Waals surface area contributed by atoms with Gasteiger partial charge in [-0.1, -0.05) is 27.2 Å². The second-order valence-electron chi connectivity index (χ2n) is 9.46. The molecule has 190 valence electrons. The Morgan fingerprint density at radius 2 is 1.53 bits per heavy atom. The van der Waals surface area contributed by atoms with E-state index in [1.807, 2.05) is 65.8 Å². The van der Waals surface area contributed by atoms with Crippen LogP contribution in [-0.4, -0.2) is 52.1 Å². The highest BCUT2D eigenvalue weighted by Gasteiger charge is 2.54. The summed E-state index contributed by atoms with van der Waals surface area (Å²) in [4.78, 5) is 35.8. The van der Waals surface area contributed by atoms with Gasteiger partial charge in [0.2, 0.25) is 17.8 Å². The van der Waals surface area contributed by atoms with E-state index < -0.39 is 5.41 Å². The van der Waals surface area contributed by atoms with Crippen molar-refractivity contribution in [1.82, 2.24) is 9.80 Å². The molecule has 0 bridgehead atoms. The van der Waals surface area contributed by atoms with Gasteiger partial charge in [-0.2, -0.15) is 0 Å². The van der Waals surface area contributed by atoms with Crippen molar-refractivity contribution >= 4 is 35.1 Å². The van der Waals surface area contributed by atoms with E-state index in [2.05, 4.69) is 6.92 Å². The molecule has 1 saturated heterocycles. The van der Waals surface area contributed by atoms with Crippen LogP contribution in [0.3, 0.4) is 0 Å². The van der Waals surface area contributed by atoms with E-state index >= 15 is 0 Å². The Kier molecular flexibility index (Phi) is 10.4. The lowest BCUT2D eigenvalue weighted by molar-refractivity contribution is -0.157. The van der Waals surface area contributed by atoms with Gasteiger partial charge in [0.15, 0.2) is 0 Å². The molecule has 1 aromatic rings. The molecule has 1 aliphatic heterocycles. The molecular formula is C27H42ClN3O3. The largest absolute Gasteiger partial charge is 0.491 e. The molecule has 2 rings (SSSR count). The van der Waals surface area contributed by atoms with Gasteiger partial charge in [-0.05, 0) is 83.6 Å². The number of ether oxygens (including phenoxy) is 1. The van der Waals surface area contributed by atoms with Gasteiger partial charge < -0.3 is 4.74 Å². The average molecular weight is 492 g/mol. The highest BCUT2D eigenvalue weighted by molar-refractivity contribution is 6.21. The van der Waals surface area contributed by atoms with Crippen molar-refractivity contribution in [2.75, 3.05) is 13.1 Å². The quantitative estimate of drug-likeness (QED) is 0.251. The van der Waals surface area contributed by atoms with Crippen LogP contribution in [0.5, 0.6) is 5.75 Å². The Hall–Kier alpha value is -2.08. The van der Waals surface area contributed by atoms with E-state index in [0.717, 1.165) is 25.0 Å². The SMILES string of the molecule is CCC(CCC(C)Cl)CN1C(=O)C(CC)(CC)C(=O)N(CC)/C1=N\c1ccc(OC(C)C)cc1. The predicted molar refractivity (Wildman–Crippen MR) is 140 cm³/mol. The molecule has 0 spiro atoms. The average Bonchev–Trinajstić information content (AvgIpc) is 2.80. The van der Waals surface area contributed by atoms with Gasteiger partial charge in [-0.3, -0.25) is 19.4 Å². The topological polar surface area (TPSA) is 62.2 Å². The Morgan fingerprint density at radius 3 is 2.00 bits per heavy atom. The fraction of sp³-hybridized carbons (Fsp3) is 0.667. The van der Waals surface area contributed by atoms with Gasteiger partial charge in [-0.25, -0.2) is 4.99 Å². The molecule has 6 nitrogen and oxygen atoms in total. The molecule has 0 aliphatic carbocycles. The molecule has 0 radical (unpaired) electrons.